The molecule has 0 amide bonds. The molecule has 1 fully saturated rings. The van der Waals surface area contributed by atoms with Crippen LogP contribution in [0.2, 0.25) is 5.02 Å². The summed E-state index contributed by atoms with van der Waals surface area (Å²) in [5.74, 6) is 0.657. The van der Waals surface area contributed by atoms with Crippen LogP contribution in [-0.2, 0) is 9.84 Å². The van der Waals surface area contributed by atoms with E-state index >= 15 is 0 Å². The summed E-state index contributed by atoms with van der Waals surface area (Å²) in [6, 6.07) is 7.53. The highest BCUT2D eigenvalue weighted by molar-refractivity contribution is 7.91. The van der Waals surface area contributed by atoms with Gasteiger partial charge in [0.15, 0.2) is 9.84 Å². The van der Waals surface area contributed by atoms with E-state index in [9.17, 15) is 8.42 Å². The first-order chi connectivity index (χ1) is 8.03. The van der Waals surface area contributed by atoms with Crippen LogP contribution >= 0.6 is 11.6 Å². The lowest BCUT2D eigenvalue weighted by atomic mass is 9.86. The summed E-state index contributed by atoms with van der Waals surface area (Å²) in [6.45, 7) is 0.434. The van der Waals surface area contributed by atoms with E-state index in [0.717, 1.165) is 5.56 Å². The quantitative estimate of drug-likeness (QED) is 0.914. The highest BCUT2D eigenvalue weighted by Crippen LogP contribution is 2.35. The standard InChI is InChI=1S/C12H16ClNO2S/c13-12-4-2-1-3-10(12)11(7-14)9-5-6-17(15,16)8-9/h1-4,9,11H,5-8,14H2. The van der Waals surface area contributed by atoms with Crippen molar-refractivity contribution < 1.29 is 8.42 Å². The molecule has 0 aromatic heterocycles. The van der Waals surface area contributed by atoms with Gasteiger partial charge in [-0.05, 0) is 30.5 Å². The van der Waals surface area contributed by atoms with Crippen LogP contribution < -0.4 is 5.73 Å². The summed E-state index contributed by atoms with van der Waals surface area (Å²) in [6.07, 6.45) is 0.690. The van der Waals surface area contributed by atoms with Crippen LogP contribution in [0.15, 0.2) is 24.3 Å². The second-order valence-corrected chi connectivity index (χ2v) is 7.16. The molecule has 2 N–H and O–H groups in total. The van der Waals surface area contributed by atoms with Crippen LogP contribution in [-0.4, -0.2) is 26.5 Å². The minimum atomic E-state index is -2.87. The van der Waals surface area contributed by atoms with Gasteiger partial charge in [-0.15, -0.1) is 0 Å². The predicted octanol–water partition coefficient (Wildman–Crippen LogP) is 1.82. The summed E-state index contributed by atoms with van der Waals surface area (Å²) in [4.78, 5) is 0. The van der Waals surface area contributed by atoms with Crippen molar-refractivity contribution in [2.45, 2.75) is 12.3 Å². The lowest BCUT2D eigenvalue weighted by molar-refractivity contribution is 0.474. The van der Waals surface area contributed by atoms with Crippen LogP contribution in [0.4, 0.5) is 0 Å². The van der Waals surface area contributed by atoms with Crippen LogP contribution in [0.3, 0.4) is 0 Å². The number of rotatable bonds is 3. The van der Waals surface area contributed by atoms with Crippen molar-refractivity contribution in [2.75, 3.05) is 18.1 Å². The Morgan fingerprint density at radius 3 is 2.65 bits per heavy atom. The first-order valence-corrected chi connectivity index (χ1v) is 7.88. The minimum absolute atomic E-state index is 0.0426. The van der Waals surface area contributed by atoms with Gasteiger partial charge in [0.25, 0.3) is 0 Å². The van der Waals surface area contributed by atoms with Crippen molar-refractivity contribution in [3.63, 3.8) is 0 Å². The van der Waals surface area contributed by atoms with Gasteiger partial charge in [-0.3, -0.25) is 0 Å². The van der Waals surface area contributed by atoms with Gasteiger partial charge in [0, 0.05) is 10.9 Å². The van der Waals surface area contributed by atoms with E-state index in [-0.39, 0.29) is 23.3 Å². The van der Waals surface area contributed by atoms with Crippen molar-refractivity contribution >= 4 is 21.4 Å². The SMILES string of the molecule is NCC(c1ccccc1Cl)C1CCS(=O)(=O)C1. The lowest BCUT2D eigenvalue weighted by Crippen LogP contribution is -2.23. The number of hydrogen-bond donors (Lipinski definition) is 1. The fourth-order valence-corrected chi connectivity index (χ4v) is 4.65. The Morgan fingerprint density at radius 2 is 2.12 bits per heavy atom. The molecule has 1 aromatic carbocycles. The molecule has 1 aromatic rings. The summed E-state index contributed by atoms with van der Waals surface area (Å²) in [7, 11) is -2.87. The highest BCUT2D eigenvalue weighted by Gasteiger charge is 2.34. The van der Waals surface area contributed by atoms with E-state index in [0.29, 0.717) is 18.0 Å². The van der Waals surface area contributed by atoms with E-state index in [1.807, 2.05) is 24.3 Å². The van der Waals surface area contributed by atoms with Crippen LogP contribution in [0, 0.1) is 5.92 Å². The maximum atomic E-state index is 11.5. The number of hydrogen-bond acceptors (Lipinski definition) is 3. The zero-order valence-corrected chi connectivity index (χ0v) is 11.0. The highest BCUT2D eigenvalue weighted by atomic mass is 35.5. The Hall–Kier alpha value is -0.580. The summed E-state index contributed by atoms with van der Waals surface area (Å²) in [5.41, 5.74) is 6.76. The largest absolute Gasteiger partial charge is 0.330 e. The van der Waals surface area contributed by atoms with Crippen molar-refractivity contribution in [3.05, 3.63) is 34.9 Å². The van der Waals surface area contributed by atoms with Gasteiger partial charge in [0.2, 0.25) is 0 Å². The normalized spacial score (nSPS) is 24.7. The number of halogens is 1. The molecule has 0 radical (unpaired) electrons. The van der Waals surface area contributed by atoms with Crippen LogP contribution in [0.5, 0.6) is 0 Å². The molecule has 3 nitrogen and oxygen atoms in total. The molecule has 2 rings (SSSR count). The molecule has 2 unspecified atom stereocenters. The molecular weight excluding hydrogens is 258 g/mol. The molecule has 0 aliphatic carbocycles. The third-order valence-electron chi connectivity index (χ3n) is 3.40. The molecule has 0 spiro atoms. The van der Waals surface area contributed by atoms with E-state index in [2.05, 4.69) is 0 Å². The monoisotopic (exact) mass is 273 g/mol. The third kappa shape index (κ3) is 2.81. The Labute approximate surface area is 107 Å². The second-order valence-electron chi connectivity index (χ2n) is 4.53. The number of benzene rings is 1. The van der Waals surface area contributed by atoms with Gasteiger partial charge in [-0.2, -0.15) is 0 Å². The smallest absolute Gasteiger partial charge is 0.150 e. The fraction of sp³-hybridized carbons (Fsp3) is 0.500. The van der Waals surface area contributed by atoms with E-state index < -0.39 is 9.84 Å². The summed E-state index contributed by atoms with van der Waals surface area (Å²) < 4.78 is 23.0. The van der Waals surface area contributed by atoms with Crippen molar-refractivity contribution in [2.24, 2.45) is 11.7 Å². The number of nitrogens with two attached hydrogens (primary N) is 1. The molecule has 1 aliphatic heterocycles. The predicted molar refractivity (Wildman–Crippen MR) is 70.0 cm³/mol. The lowest BCUT2D eigenvalue weighted by Gasteiger charge is -2.22. The van der Waals surface area contributed by atoms with Gasteiger partial charge >= 0.3 is 0 Å². The zero-order valence-electron chi connectivity index (χ0n) is 9.47. The van der Waals surface area contributed by atoms with Gasteiger partial charge in [-0.25, -0.2) is 8.42 Å². The topological polar surface area (TPSA) is 60.2 Å². The number of sulfone groups is 1. The molecule has 94 valence electrons. The van der Waals surface area contributed by atoms with Crippen LogP contribution in [0.1, 0.15) is 17.9 Å². The van der Waals surface area contributed by atoms with E-state index in [1.165, 1.54) is 0 Å². The third-order valence-corrected chi connectivity index (χ3v) is 5.53. The van der Waals surface area contributed by atoms with Gasteiger partial charge < -0.3 is 5.73 Å². The average Bonchev–Trinajstić information content (AvgIpc) is 2.63. The summed E-state index contributed by atoms with van der Waals surface area (Å²) in [5, 5.41) is 0.673. The molecule has 17 heavy (non-hydrogen) atoms. The zero-order chi connectivity index (χ0) is 12.5. The molecule has 1 saturated heterocycles. The first-order valence-electron chi connectivity index (χ1n) is 5.68. The van der Waals surface area contributed by atoms with Crippen LogP contribution in [0.25, 0.3) is 0 Å². The molecule has 5 heteroatoms. The average molecular weight is 274 g/mol. The molecule has 0 bridgehead atoms. The van der Waals surface area contributed by atoms with Gasteiger partial charge in [-0.1, -0.05) is 29.8 Å². The molecule has 0 saturated carbocycles. The second kappa shape index (κ2) is 4.96. The van der Waals surface area contributed by atoms with E-state index in [4.69, 9.17) is 17.3 Å². The van der Waals surface area contributed by atoms with Crippen molar-refractivity contribution in [3.8, 4) is 0 Å². The maximum Gasteiger partial charge on any atom is 0.150 e. The Morgan fingerprint density at radius 1 is 1.41 bits per heavy atom. The summed E-state index contributed by atoms with van der Waals surface area (Å²) >= 11 is 6.14. The van der Waals surface area contributed by atoms with Gasteiger partial charge in [0.05, 0.1) is 11.5 Å². The minimum Gasteiger partial charge on any atom is -0.330 e. The van der Waals surface area contributed by atoms with Crippen molar-refractivity contribution in [1.29, 1.82) is 0 Å². The van der Waals surface area contributed by atoms with Crippen molar-refractivity contribution in [1.82, 2.24) is 0 Å². The van der Waals surface area contributed by atoms with Gasteiger partial charge in [0.1, 0.15) is 0 Å². The Balaban J connectivity index is 2.26. The molecule has 2 atom stereocenters. The first kappa shape index (κ1) is 12.9. The Bertz CT molecular complexity index is 501. The molecular formula is C12H16ClNO2S. The Kier molecular flexibility index (Phi) is 3.76. The fourth-order valence-electron chi connectivity index (χ4n) is 2.49. The molecule has 1 aliphatic rings. The van der Waals surface area contributed by atoms with E-state index in [1.54, 1.807) is 0 Å². The maximum absolute atomic E-state index is 11.5. The molecule has 1 heterocycles.